The van der Waals surface area contributed by atoms with Gasteiger partial charge in [0.15, 0.2) is 0 Å². The number of allylic oxidation sites excluding steroid dienone is 2. The summed E-state index contributed by atoms with van der Waals surface area (Å²) in [5.74, 6) is -0.100. The van der Waals surface area contributed by atoms with Gasteiger partial charge in [0.05, 0.1) is 25.4 Å². The SMILES string of the molecule is CCCCCCCCCCCCCCCCCCCCC(=O)OCCCC/C=C\CCCCCCC(=O)NC(CO)C(O)CCCCCCCCCCCCCCCCC. The zero-order valence-electron chi connectivity index (χ0n) is 40.5. The van der Waals surface area contributed by atoms with Crippen LogP contribution in [-0.4, -0.2) is 47.4 Å². The normalized spacial score (nSPS) is 12.7. The highest BCUT2D eigenvalue weighted by Gasteiger charge is 2.20. The lowest BCUT2D eigenvalue weighted by molar-refractivity contribution is -0.143. The summed E-state index contributed by atoms with van der Waals surface area (Å²) in [5, 5.41) is 23.2. The quantitative estimate of drug-likeness (QED) is 0.0322. The molecule has 0 aliphatic heterocycles. The molecule has 60 heavy (non-hydrogen) atoms. The average molecular weight is 848 g/mol. The van der Waals surface area contributed by atoms with Crippen molar-refractivity contribution in [2.45, 2.75) is 309 Å². The molecule has 0 bridgehead atoms. The Morgan fingerprint density at radius 3 is 1.18 bits per heavy atom. The van der Waals surface area contributed by atoms with Crippen molar-refractivity contribution >= 4 is 11.9 Å². The van der Waals surface area contributed by atoms with Crippen LogP contribution >= 0.6 is 0 Å². The van der Waals surface area contributed by atoms with Gasteiger partial charge in [0.25, 0.3) is 0 Å². The molecule has 0 aliphatic rings. The third-order valence-electron chi connectivity index (χ3n) is 12.6. The van der Waals surface area contributed by atoms with Crippen molar-refractivity contribution in [3.05, 3.63) is 12.2 Å². The smallest absolute Gasteiger partial charge is 0.305 e. The molecule has 356 valence electrons. The fraction of sp³-hybridized carbons (Fsp3) is 0.926. The predicted octanol–water partition coefficient (Wildman–Crippen LogP) is 16.1. The fourth-order valence-corrected chi connectivity index (χ4v) is 8.40. The van der Waals surface area contributed by atoms with Crippen LogP contribution < -0.4 is 5.32 Å². The second kappa shape index (κ2) is 50.2. The van der Waals surface area contributed by atoms with Crippen LogP contribution in [-0.2, 0) is 14.3 Å². The maximum absolute atomic E-state index is 12.4. The number of rotatable bonds is 50. The molecule has 6 nitrogen and oxygen atoms in total. The highest BCUT2D eigenvalue weighted by atomic mass is 16.5. The van der Waals surface area contributed by atoms with Crippen LogP contribution in [0.25, 0.3) is 0 Å². The third kappa shape index (κ3) is 46.1. The minimum absolute atomic E-state index is 0.0316. The monoisotopic (exact) mass is 848 g/mol. The minimum atomic E-state index is -0.684. The highest BCUT2D eigenvalue weighted by Crippen LogP contribution is 2.17. The second-order valence-electron chi connectivity index (χ2n) is 18.6. The molecular weight excluding hydrogens is 743 g/mol. The minimum Gasteiger partial charge on any atom is -0.466 e. The molecule has 0 aromatic carbocycles. The Bertz CT molecular complexity index is 893. The molecule has 0 radical (unpaired) electrons. The van der Waals surface area contributed by atoms with Gasteiger partial charge in [-0.15, -0.1) is 0 Å². The zero-order valence-corrected chi connectivity index (χ0v) is 40.5. The van der Waals surface area contributed by atoms with E-state index in [0.717, 1.165) is 77.0 Å². The van der Waals surface area contributed by atoms with Crippen molar-refractivity contribution in [2.24, 2.45) is 0 Å². The summed E-state index contributed by atoms with van der Waals surface area (Å²) in [6, 6.07) is -0.565. The van der Waals surface area contributed by atoms with Gasteiger partial charge < -0.3 is 20.3 Å². The maximum Gasteiger partial charge on any atom is 0.305 e. The number of hydrogen-bond acceptors (Lipinski definition) is 5. The fourth-order valence-electron chi connectivity index (χ4n) is 8.40. The van der Waals surface area contributed by atoms with Gasteiger partial charge in [-0.25, -0.2) is 0 Å². The number of ether oxygens (including phenoxy) is 1. The van der Waals surface area contributed by atoms with Crippen LogP contribution in [0.3, 0.4) is 0 Å². The molecule has 3 N–H and O–H groups in total. The Balaban J connectivity index is 3.49. The number of nitrogens with one attached hydrogen (secondary N) is 1. The highest BCUT2D eigenvalue weighted by molar-refractivity contribution is 5.76. The van der Waals surface area contributed by atoms with Crippen LogP contribution in [0.1, 0.15) is 296 Å². The van der Waals surface area contributed by atoms with Gasteiger partial charge in [-0.2, -0.15) is 0 Å². The van der Waals surface area contributed by atoms with Crippen molar-refractivity contribution in [1.29, 1.82) is 0 Å². The Morgan fingerprint density at radius 2 is 0.783 bits per heavy atom. The van der Waals surface area contributed by atoms with Crippen molar-refractivity contribution in [1.82, 2.24) is 5.32 Å². The third-order valence-corrected chi connectivity index (χ3v) is 12.6. The van der Waals surface area contributed by atoms with Gasteiger partial charge in [0.2, 0.25) is 5.91 Å². The van der Waals surface area contributed by atoms with Crippen molar-refractivity contribution in [2.75, 3.05) is 13.2 Å². The van der Waals surface area contributed by atoms with Crippen molar-refractivity contribution in [3.8, 4) is 0 Å². The van der Waals surface area contributed by atoms with Crippen LogP contribution in [0.4, 0.5) is 0 Å². The van der Waals surface area contributed by atoms with E-state index < -0.39 is 12.1 Å². The molecule has 2 unspecified atom stereocenters. The summed E-state index contributed by atoms with van der Waals surface area (Å²) in [6.07, 6.45) is 57.6. The van der Waals surface area contributed by atoms with Crippen molar-refractivity contribution < 1.29 is 24.5 Å². The van der Waals surface area contributed by atoms with Crippen LogP contribution in [0, 0.1) is 0 Å². The molecular formula is C54H105NO5. The first kappa shape index (κ1) is 58.6. The lowest BCUT2D eigenvalue weighted by atomic mass is 10.0. The van der Waals surface area contributed by atoms with E-state index in [-0.39, 0.29) is 18.5 Å². The Morgan fingerprint density at radius 1 is 0.450 bits per heavy atom. The number of carbonyl (C=O) groups is 2. The summed E-state index contributed by atoms with van der Waals surface area (Å²) >= 11 is 0. The summed E-state index contributed by atoms with van der Waals surface area (Å²) in [7, 11) is 0. The first-order valence-corrected chi connectivity index (χ1v) is 26.9. The molecule has 0 fully saturated rings. The standard InChI is InChI=1S/C54H105NO5/c1-3-5-7-9-11-13-15-17-19-20-21-23-25-27-32-36-40-44-48-54(59)60-49-45-41-37-33-29-28-31-35-39-43-47-53(58)55-51(50-56)52(57)46-42-38-34-30-26-24-22-18-16-14-12-10-8-6-4-2/h29,33,51-52,56-57H,3-28,30-32,34-50H2,1-2H3,(H,55,58)/b33-29-. The summed E-state index contributed by atoms with van der Waals surface area (Å²) < 4.78 is 5.45. The van der Waals surface area contributed by atoms with Gasteiger partial charge in [-0.1, -0.05) is 244 Å². The summed E-state index contributed by atoms with van der Waals surface area (Å²) in [5.41, 5.74) is 0. The molecule has 0 heterocycles. The summed E-state index contributed by atoms with van der Waals surface area (Å²) in [4.78, 5) is 24.5. The first-order valence-electron chi connectivity index (χ1n) is 26.9. The lowest BCUT2D eigenvalue weighted by Gasteiger charge is -2.22. The zero-order chi connectivity index (χ0) is 43.7. The molecule has 0 aliphatic carbocycles. The van der Waals surface area contributed by atoms with Gasteiger partial charge in [0, 0.05) is 12.8 Å². The van der Waals surface area contributed by atoms with E-state index in [9.17, 15) is 19.8 Å². The molecule has 2 atom stereocenters. The van der Waals surface area contributed by atoms with E-state index in [1.165, 1.54) is 186 Å². The predicted molar refractivity (Wildman–Crippen MR) is 260 cm³/mol. The molecule has 0 aromatic heterocycles. The number of hydrogen-bond donors (Lipinski definition) is 3. The number of carbonyl (C=O) groups excluding carboxylic acids is 2. The Kier molecular flexibility index (Phi) is 49.1. The van der Waals surface area contributed by atoms with Crippen molar-refractivity contribution in [3.63, 3.8) is 0 Å². The molecule has 0 saturated carbocycles. The van der Waals surface area contributed by atoms with Gasteiger partial charge >= 0.3 is 5.97 Å². The Labute approximate surface area is 374 Å². The first-order chi connectivity index (χ1) is 29.5. The molecule has 6 heteroatoms. The molecule has 0 saturated heterocycles. The largest absolute Gasteiger partial charge is 0.466 e. The van der Waals surface area contributed by atoms with E-state index in [0.29, 0.717) is 25.9 Å². The molecule has 0 rings (SSSR count). The van der Waals surface area contributed by atoms with Crippen LogP contribution in [0.15, 0.2) is 12.2 Å². The van der Waals surface area contributed by atoms with E-state index in [2.05, 4.69) is 31.3 Å². The number of aliphatic hydroxyl groups is 2. The van der Waals surface area contributed by atoms with Gasteiger partial charge in [-0.05, 0) is 51.4 Å². The van der Waals surface area contributed by atoms with E-state index in [1.807, 2.05) is 0 Å². The lowest BCUT2D eigenvalue weighted by Crippen LogP contribution is -2.45. The topological polar surface area (TPSA) is 95.9 Å². The van der Waals surface area contributed by atoms with Gasteiger partial charge in [-0.3, -0.25) is 9.59 Å². The van der Waals surface area contributed by atoms with E-state index in [1.54, 1.807) is 0 Å². The number of esters is 1. The van der Waals surface area contributed by atoms with Crippen LogP contribution in [0.5, 0.6) is 0 Å². The Hall–Kier alpha value is -1.40. The molecule has 1 amide bonds. The van der Waals surface area contributed by atoms with Crippen LogP contribution in [0.2, 0.25) is 0 Å². The number of aliphatic hydroxyl groups excluding tert-OH is 2. The summed E-state index contributed by atoms with van der Waals surface area (Å²) in [6.45, 7) is 4.88. The average Bonchev–Trinajstić information content (AvgIpc) is 3.25. The van der Waals surface area contributed by atoms with E-state index >= 15 is 0 Å². The van der Waals surface area contributed by atoms with E-state index in [4.69, 9.17) is 4.74 Å². The van der Waals surface area contributed by atoms with Gasteiger partial charge in [0.1, 0.15) is 0 Å². The second-order valence-corrected chi connectivity index (χ2v) is 18.6. The molecule has 0 spiro atoms. The maximum atomic E-state index is 12.4. The molecule has 0 aromatic rings. The number of unbranched alkanes of at least 4 members (excludes halogenated alkanes) is 37. The number of amides is 1.